The van der Waals surface area contributed by atoms with Crippen LogP contribution in [0.3, 0.4) is 0 Å². The Hall–Kier alpha value is -1.72. The zero-order valence-corrected chi connectivity index (χ0v) is 19.5. The van der Waals surface area contributed by atoms with Crippen LogP contribution in [0.1, 0.15) is 17.8 Å². The number of ether oxygens (including phenoxy) is 1. The largest absolute Gasteiger partial charge is 0.385 e. The quantitative estimate of drug-likeness (QED) is 0.224. The van der Waals surface area contributed by atoms with E-state index in [1.807, 2.05) is 30.0 Å². The molecule has 0 aliphatic rings. The lowest BCUT2D eigenvalue weighted by molar-refractivity contribution is 0.180. The maximum atomic E-state index is 5.08. The summed E-state index contributed by atoms with van der Waals surface area (Å²) in [6.07, 6.45) is 6.60. The van der Waals surface area contributed by atoms with Crippen LogP contribution in [0.4, 0.5) is 0 Å². The number of nitrogens with zero attached hydrogens (tertiary/aromatic N) is 5. The highest BCUT2D eigenvalue weighted by Gasteiger charge is 2.04. The van der Waals surface area contributed by atoms with Gasteiger partial charge in [0.05, 0.1) is 0 Å². The van der Waals surface area contributed by atoms with Gasteiger partial charge in [0.25, 0.3) is 0 Å². The Morgan fingerprint density at radius 2 is 2.07 bits per heavy atom. The van der Waals surface area contributed by atoms with E-state index in [2.05, 4.69) is 43.6 Å². The number of pyridine rings is 1. The first-order valence-corrected chi connectivity index (χ1v) is 9.21. The molecule has 2 aromatic heterocycles. The minimum absolute atomic E-state index is 0. The van der Waals surface area contributed by atoms with Crippen molar-refractivity contribution in [1.82, 2.24) is 30.1 Å². The normalized spacial score (nSPS) is 11.4. The van der Waals surface area contributed by atoms with Gasteiger partial charge in [-0.25, -0.2) is 9.97 Å². The molecule has 2 rings (SSSR count). The molecule has 9 heteroatoms. The first kappa shape index (κ1) is 24.3. The van der Waals surface area contributed by atoms with Gasteiger partial charge in [-0.1, -0.05) is 6.07 Å². The average Bonchev–Trinajstić information content (AvgIpc) is 3.11. The van der Waals surface area contributed by atoms with Gasteiger partial charge < -0.3 is 20.3 Å². The van der Waals surface area contributed by atoms with Crippen molar-refractivity contribution in [2.24, 2.45) is 4.99 Å². The van der Waals surface area contributed by atoms with Crippen molar-refractivity contribution in [2.45, 2.75) is 19.9 Å². The van der Waals surface area contributed by atoms with E-state index in [9.17, 15) is 0 Å². The van der Waals surface area contributed by atoms with Crippen molar-refractivity contribution in [3.8, 4) is 5.82 Å². The molecule has 2 heterocycles. The van der Waals surface area contributed by atoms with Crippen LogP contribution in [-0.2, 0) is 11.3 Å². The van der Waals surface area contributed by atoms with E-state index in [0.717, 1.165) is 55.8 Å². The van der Waals surface area contributed by atoms with E-state index in [1.165, 1.54) is 0 Å². The number of aromatic nitrogens is 3. The van der Waals surface area contributed by atoms with Crippen LogP contribution in [0, 0.1) is 6.92 Å². The van der Waals surface area contributed by atoms with E-state index in [4.69, 9.17) is 4.74 Å². The van der Waals surface area contributed by atoms with Gasteiger partial charge >= 0.3 is 0 Å². The third-order valence-electron chi connectivity index (χ3n) is 4.24. The van der Waals surface area contributed by atoms with Crippen molar-refractivity contribution >= 4 is 29.9 Å². The summed E-state index contributed by atoms with van der Waals surface area (Å²) in [4.78, 5) is 15.3. The van der Waals surface area contributed by atoms with Gasteiger partial charge in [-0.05, 0) is 32.0 Å². The molecule has 0 aromatic carbocycles. The second kappa shape index (κ2) is 13.5. The summed E-state index contributed by atoms with van der Waals surface area (Å²) in [7, 11) is 5.63. The van der Waals surface area contributed by atoms with Gasteiger partial charge in [0.15, 0.2) is 5.96 Å². The zero-order chi connectivity index (χ0) is 19.5. The highest BCUT2D eigenvalue weighted by molar-refractivity contribution is 14.0. The number of aryl methyl sites for hydroxylation is 1. The third-order valence-corrected chi connectivity index (χ3v) is 4.24. The molecule has 0 spiro atoms. The molecule has 2 N–H and O–H groups in total. The zero-order valence-electron chi connectivity index (χ0n) is 17.2. The number of halogens is 1. The van der Waals surface area contributed by atoms with Crippen molar-refractivity contribution in [3.63, 3.8) is 0 Å². The fourth-order valence-electron chi connectivity index (χ4n) is 2.65. The van der Waals surface area contributed by atoms with Gasteiger partial charge in [-0.2, -0.15) is 0 Å². The van der Waals surface area contributed by atoms with E-state index < -0.39 is 0 Å². The van der Waals surface area contributed by atoms with E-state index in [0.29, 0.717) is 6.54 Å². The van der Waals surface area contributed by atoms with Crippen LogP contribution in [0.5, 0.6) is 0 Å². The van der Waals surface area contributed by atoms with Crippen molar-refractivity contribution in [3.05, 3.63) is 42.1 Å². The standard InChI is InChI=1S/C19H31N7O.HI/c1-16-21-9-12-26(16)18-7-6-17(14-23-18)15-24-19(20-2)22-8-11-25(3)10-5-13-27-4;/h6-7,9,12,14H,5,8,10-11,13,15H2,1-4H3,(H2,20,22,24);1H. The molecule has 28 heavy (non-hydrogen) atoms. The lowest BCUT2D eigenvalue weighted by atomic mass is 10.3. The lowest BCUT2D eigenvalue weighted by Gasteiger charge is -2.18. The summed E-state index contributed by atoms with van der Waals surface area (Å²) >= 11 is 0. The van der Waals surface area contributed by atoms with Crippen LogP contribution in [0.25, 0.3) is 5.82 Å². The maximum Gasteiger partial charge on any atom is 0.191 e. The molecule has 0 fully saturated rings. The molecular formula is C19H32IN7O. The van der Waals surface area contributed by atoms with Crippen LogP contribution < -0.4 is 10.6 Å². The summed E-state index contributed by atoms with van der Waals surface area (Å²) in [6.45, 7) is 6.23. The highest BCUT2D eigenvalue weighted by Crippen LogP contribution is 2.08. The Bertz CT molecular complexity index is 703. The van der Waals surface area contributed by atoms with Gasteiger partial charge in [0, 0.05) is 65.5 Å². The highest BCUT2D eigenvalue weighted by atomic mass is 127. The number of imidazole rings is 1. The monoisotopic (exact) mass is 501 g/mol. The molecular weight excluding hydrogens is 469 g/mol. The Kier molecular flexibility index (Phi) is 11.7. The van der Waals surface area contributed by atoms with Crippen molar-refractivity contribution in [2.75, 3.05) is 47.4 Å². The molecule has 0 unspecified atom stereocenters. The fourth-order valence-corrected chi connectivity index (χ4v) is 2.65. The molecule has 0 bridgehead atoms. The summed E-state index contributed by atoms with van der Waals surface area (Å²) in [5.41, 5.74) is 1.09. The molecule has 0 radical (unpaired) electrons. The van der Waals surface area contributed by atoms with Gasteiger partial charge in [-0.3, -0.25) is 9.56 Å². The van der Waals surface area contributed by atoms with Crippen LogP contribution in [0.15, 0.2) is 35.7 Å². The number of aliphatic imine (C=N–C) groups is 1. The molecule has 2 aromatic rings. The summed E-state index contributed by atoms with van der Waals surface area (Å²) < 4.78 is 7.04. The topological polar surface area (TPSA) is 79.6 Å². The van der Waals surface area contributed by atoms with Crippen molar-refractivity contribution < 1.29 is 4.74 Å². The summed E-state index contributed by atoms with van der Waals surface area (Å²) in [6, 6.07) is 4.06. The molecule has 0 aliphatic heterocycles. The third kappa shape index (κ3) is 8.11. The van der Waals surface area contributed by atoms with E-state index in [1.54, 1.807) is 20.4 Å². The number of nitrogens with one attached hydrogen (secondary N) is 2. The molecule has 0 amide bonds. The number of guanidine groups is 1. The second-order valence-electron chi connectivity index (χ2n) is 6.37. The number of hydrogen-bond acceptors (Lipinski definition) is 5. The average molecular weight is 501 g/mol. The predicted octanol–water partition coefficient (Wildman–Crippen LogP) is 1.83. The fraction of sp³-hybridized carbons (Fsp3) is 0.526. The first-order valence-electron chi connectivity index (χ1n) is 9.21. The number of methoxy groups -OCH3 is 1. The van der Waals surface area contributed by atoms with Gasteiger partial charge in [-0.15, -0.1) is 24.0 Å². The maximum absolute atomic E-state index is 5.08. The second-order valence-corrected chi connectivity index (χ2v) is 6.37. The number of rotatable bonds is 10. The Morgan fingerprint density at radius 3 is 2.68 bits per heavy atom. The Morgan fingerprint density at radius 1 is 1.25 bits per heavy atom. The van der Waals surface area contributed by atoms with Crippen LogP contribution in [0.2, 0.25) is 0 Å². The molecule has 8 nitrogen and oxygen atoms in total. The van der Waals surface area contributed by atoms with Crippen molar-refractivity contribution in [1.29, 1.82) is 0 Å². The molecule has 0 saturated heterocycles. The lowest BCUT2D eigenvalue weighted by Crippen LogP contribution is -2.40. The van der Waals surface area contributed by atoms with E-state index in [-0.39, 0.29) is 24.0 Å². The molecule has 0 aliphatic carbocycles. The summed E-state index contributed by atoms with van der Waals surface area (Å²) in [5.74, 6) is 2.58. The van der Waals surface area contributed by atoms with E-state index >= 15 is 0 Å². The SMILES string of the molecule is CN=C(NCCN(C)CCCOC)NCc1ccc(-n2ccnc2C)nc1.I. The van der Waals surface area contributed by atoms with Crippen LogP contribution >= 0.6 is 24.0 Å². The minimum Gasteiger partial charge on any atom is -0.385 e. The number of likely N-dealkylation sites (N-methyl/N-ethyl adjacent to an activating group) is 1. The minimum atomic E-state index is 0. The number of hydrogen-bond donors (Lipinski definition) is 2. The smallest absolute Gasteiger partial charge is 0.191 e. The molecule has 0 saturated carbocycles. The van der Waals surface area contributed by atoms with Gasteiger partial charge in [0.2, 0.25) is 0 Å². The Balaban J connectivity index is 0.00000392. The van der Waals surface area contributed by atoms with Crippen LogP contribution in [-0.4, -0.2) is 72.8 Å². The Labute approximate surface area is 184 Å². The summed E-state index contributed by atoms with van der Waals surface area (Å²) in [5, 5.41) is 6.65. The molecule has 156 valence electrons. The van der Waals surface area contributed by atoms with Gasteiger partial charge in [0.1, 0.15) is 11.6 Å². The predicted molar refractivity (Wildman–Crippen MR) is 124 cm³/mol. The first-order chi connectivity index (χ1) is 13.1. The molecule has 0 atom stereocenters.